The van der Waals surface area contributed by atoms with Crippen LogP contribution in [0.15, 0.2) is 17.1 Å². The van der Waals surface area contributed by atoms with Crippen molar-refractivity contribution in [2.24, 2.45) is 4.99 Å². The topological polar surface area (TPSA) is 110 Å². The van der Waals surface area contributed by atoms with Gasteiger partial charge in [-0.2, -0.15) is 0 Å². The monoisotopic (exact) mass is 309 g/mol. The van der Waals surface area contributed by atoms with Gasteiger partial charge >= 0.3 is 63.3 Å². The van der Waals surface area contributed by atoms with Gasteiger partial charge < -0.3 is 15.3 Å². The normalized spacial score (nSPS) is 12.9. The van der Waals surface area contributed by atoms with Gasteiger partial charge in [0.2, 0.25) is 0 Å². The van der Waals surface area contributed by atoms with Gasteiger partial charge in [0.1, 0.15) is 6.04 Å². The van der Waals surface area contributed by atoms with Crippen LogP contribution in [0.3, 0.4) is 0 Å². The second kappa shape index (κ2) is 13.8. The Morgan fingerprint density at radius 2 is 1.90 bits per heavy atom. The quantitative estimate of drug-likeness (QED) is 0.163. The van der Waals surface area contributed by atoms with E-state index < -0.39 is 23.9 Å². The first-order chi connectivity index (χ1) is 8.97. The SMILES string of the molecule is CC/C=C/CCCC([O-])=N[C@@H](CCC(=O)O)C(=O)O.[K+]. The van der Waals surface area contributed by atoms with Crippen LogP contribution in [0.4, 0.5) is 0 Å². The van der Waals surface area contributed by atoms with Crippen LogP contribution in [-0.2, 0) is 9.59 Å². The van der Waals surface area contributed by atoms with Crippen LogP contribution in [0.5, 0.6) is 0 Å². The zero-order valence-corrected chi connectivity index (χ0v) is 15.2. The van der Waals surface area contributed by atoms with Crippen LogP contribution in [0.1, 0.15) is 45.4 Å². The summed E-state index contributed by atoms with van der Waals surface area (Å²) in [6.07, 6.45) is 5.98. The number of hydrogen-bond donors (Lipinski definition) is 2. The zero-order valence-electron chi connectivity index (χ0n) is 12.0. The van der Waals surface area contributed by atoms with Crippen molar-refractivity contribution in [1.29, 1.82) is 0 Å². The van der Waals surface area contributed by atoms with Crippen LogP contribution in [0.25, 0.3) is 0 Å². The largest absolute Gasteiger partial charge is 1.00 e. The van der Waals surface area contributed by atoms with Gasteiger partial charge in [0, 0.05) is 6.42 Å². The van der Waals surface area contributed by atoms with E-state index in [-0.39, 0.29) is 70.6 Å². The number of aliphatic carboxylic acids is 2. The van der Waals surface area contributed by atoms with Crippen molar-refractivity contribution < 1.29 is 76.3 Å². The molecular weight excluding hydrogens is 289 g/mol. The second-order valence-electron chi connectivity index (χ2n) is 4.08. The predicted molar refractivity (Wildman–Crippen MR) is 69.0 cm³/mol. The smallest absolute Gasteiger partial charge is 0.862 e. The van der Waals surface area contributed by atoms with E-state index in [1.54, 1.807) is 0 Å². The van der Waals surface area contributed by atoms with Gasteiger partial charge in [-0.25, -0.2) is 4.79 Å². The zero-order chi connectivity index (χ0) is 14.7. The van der Waals surface area contributed by atoms with Crippen molar-refractivity contribution in [3.05, 3.63) is 12.2 Å². The Morgan fingerprint density at radius 3 is 2.40 bits per heavy atom. The van der Waals surface area contributed by atoms with Gasteiger partial charge in [-0.05, 0) is 38.0 Å². The number of unbranched alkanes of at least 4 members (excludes halogenated alkanes) is 1. The molecule has 0 heterocycles. The van der Waals surface area contributed by atoms with Crippen LogP contribution in [0, 0.1) is 0 Å². The number of allylic oxidation sites excluding steroid dienone is 2. The minimum absolute atomic E-state index is 0. The van der Waals surface area contributed by atoms with Crippen molar-refractivity contribution in [3.63, 3.8) is 0 Å². The van der Waals surface area contributed by atoms with Crippen LogP contribution < -0.4 is 56.5 Å². The molecule has 0 aliphatic rings. The Balaban J connectivity index is 0. The van der Waals surface area contributed by atoms with E-state index in [4.69, 9.17) is 10.2 Å². The van der Waals surface area contributed by atoms with E-state index in [0.29, 0.717) is 6.42 Å². The number of aliphatic imine (C=N–C) groups is 1. The average molecular weight is 309 g/mol. The maximum atomic E-state index is 11.4. The van der Waals surface area contributed by atoms with Gasteiger partial charge in [-0.1, -0.05) is 19.1 Å². The summed E-state index contributed by atoms with van der Waals surface area (Å²) in [6.45, 7) is 2.01. The summed E-state index contributed by atoms with van der Waals surface area (Å²) >= 11 is 0. The van der Waals surface area contributed by atoms with Crippen molar-refractivity contribution in [3.8, 4) is 0 Å². The predicted octanol–water partition coefficient (Wildman–Crippen LogP) is -1.80. The Morgan fingerprint density at radius 1 is 1.25 bits per heavy atom. The Bertz CT molecular complexity index is 355. The van der Waals surface area contributed by atoms with Gasteiger partial charge in [-0.3, -0.25) is 9.79 Å². The maximum Gasteiger partial charge on any atom is 1.00 e. The molecule has 1 atom stereocenters. The number of carboxylic acid groups (broad SMARTS) is 2. The Labute approximate surface area is 161 Å². The van der Waals surface area contributed by atoms with Crippen molar-refractivity contribution in [1.82, 2.24) is 0 Å². The molecule has 0 aromatic rings. The first-order valence-corrected chi connectivity index (χ1v) is 6.30. The summed E-state index contributed by atoms with van der Waals surface area (Å²) in [6, 6.07) is -1.25. The van der Waals surface area contributed by atoms with E-state index in [2.05, 4.69) is 4.99 Å². The molecule has 7 heteroatoms. The number of nitrogens with zero attached hydrogens (tertiary/aromatic N) is 1. The molecule has 0 saturated heterocycles. The molecule has 0 spiro atoms. The van der Waals surface area contributed by atoms with Crippen LogP contribution in [0.2, 0.25) is 0 Å². The molecule has 108 valence electrons. The van der Waals surface area contributed by atoms with E-state index in [1.807, 2.05) is 19.1 Å². The molecule has 0 fully saturated rings. The van der Waals surface area contributed by atoms with Crippen molar-refractivity contribution in [2.75, 3.05) is 0 Å². The third-order valence-corrected chi connectivity index (χ3v) is 2.38. The molecule has 0 saturated carbocycles. The standard InChI is InChI=1S/C13H21NO5.K/c1-2-3-4-5-6-7-11(15)14-10(13(18)19)8-9-12(16)17;/h3-4,10H,2,5-9H2,1H3,(H,14,15)(H,16,17)(H,18,19);/q;+1/p-1/b4-3+;/t10-;/m0./s1. The molecule has 0 aromatic heterocycles. The maximum absolute atomic E-state index is 11.4. The molecule has 20 heavy (non-hydrogen) atoms. The molecule has 6 nitrogen and oxygen atoms in total. The first kappa shape index (κ1) is 22.1. The molecule has 0 aliphatic carbocycles. The summed E-state index contributed by atoms with van der Waals surface area (Å²) in [5, 5.41) is 28.7. The summed E-state index contributed by atoms with van der Waals surface area (Å²) in [7, 11) is 0. The molecule has 0 radical (unpaired) electrons. The molecule has 0 aliphatic heterocycles. The van der Waals surface area contributed by atoms with E-state index >= 15 is 0 Å². The average Bonchev–Trinajstić information content (AvgIpc) is 2.33. The fourth-order valence-corrected chi connectivity index (χ4v) is 1.40. The Hall–Kier alpha value is -0.214. The first-order valence-electron chi connectivity index (χ1n) is 6.30. The second-order valence-corrected chi connectivity index (χ2v) is 4.08. The molecular formula is C13H20KNO5. The summed E-state index contributed by atoms with van der Waals surface area (Å²) in [5.74, 6) is -2.85. The van der Waals surface area contributed by atoms with Gasteiger partial charge in [-0.15, -0.1) is 0 Å². The van der Waals surface area contributed by atoms with Crippen LogP contribution >= 0.6 is 0 Å². The number of hydrogen-bond acceptors (Lipinski definition) is 4. The van der Waals surface area contributed by atoms with Crippen molar-refractivity contribution in [2.45, 2.75) is 51.5 Å². The molecule has 0 aromatic carbocycles. The van der Waals surface area contributed by atoms with Gasteiger partial charge in [0.15, 0.2) is 0 Å². The number of rotatable bonds is 10. The number of carbonyl (C=O) groups is 2. The Kier molecular flexibility index (Phi) is 15.2. The van der Waals surface area contributed by atoms with E-state index in [0.717, 1.165) is 12.8 Å². The van der Waals surface area contributed by atoms with Gasteiger partial charge in [0.25, 0.3) is 0 Å². The minimum Gasteiger partial charge on any atom is -0.862 e. The fraction of sp³-hybridized carbons (Fsp3) is 0.615. The minimum atomic E-state index is -1.26. The van der Waals surface area contributed by atoms with E-state index in [9.17, 15) is 14.7 Å². The molecule has 0 amide bonds. The fourth-order valence-electron chi connectivity index (χ4n) is 1.40. The molecule has 2 N–H and O–H groups in total. The molecule has 0 bridgehead atoms. The molecule has 0 rings (SSSR count). The van der Waals surface area contributed by atoms with E-state index in [1.165, 1.54) is 0 Å². The summed E-state index contributed by atoms with van der Waals surface area (Å²) in [5.41, 5.74) is 0. The molecule has 0 unspecified atom stereocenters. The summed E-state index contributed by atoms with van der Waals surface area (Å²) in [4.78, 5) is 24.7. The third-order valence-electron chi connectivity index (χ3n) is 2.38. The van der Waals surface area contributed by atoms with Crippen molar-refractivity contribution >= 4 is 17.8 Å². The van der Waals surface area contributed by atoms with Gasteiger partial charge in [0.05, 0.1) is 0 Å². The summed E-state index contributed by atoms with van der Waals surface area (Å²) < 4.78 is 0. The van der Waals surface area contributed by atoms with Crippen LogP contribution in [-0.4, -0.2) is 34.1 Å². The number of carboxylic acids is 2. The third kappa shape index (κ3) is 12.8.